The molecule has 1 aliphatic heterocycles. The highest BCUT2D eigenvalue weighted by Crippen LogP contribution is 2.37. The number of fused-ring (bicyclic) bond motifs is 2. The lowest BCUT2D eigenvalue weighted by atomic mass is 10.2. The second-order valence-electron chi connectivity index (χ2n) is 6.28. The van der Waals surface area contributed by atoms with E-state index in [9.17, 15) is 4.79 Å². The molecule has 10 heteroatoms. The molecule has 0 unspecified atom stereocenters. The molecule has 3 aromatic heterocycles. The van der Waals surface area contributed by atoms with Crippen LogP contribution in [0.25, 0.3) is 21.6 Å². The molecule has 0 saturated heterocycles. The minimum absolute atomic E-state index is 0.176. The molecule has 5 rings (SSSR count). The molecule has 146 valence electrons. The highest BCUT2D eigenvalue weighted by molar-refractivity contribution is 7.22. The molecule has 0 radical (unpaired) electrons. The minimum Gasteiger partial charge on any atom is -0.486 e. The van der Waals surface area contributed by atoms with Crippen molar-refractivity contribution in [1.29, 1.82) is 0 Å². The van der Waals surface area contributed by atoms with Crippen LogP contribution >= 0.6 is 11.3 Å². The third-order valence-electron chi connectivity index (χ3n) is 4.27. The molecule has 0 bridgehead atoms. The lowest BCUT2D eigenvalue weighted by molar-refractivity contribution is -0.116. The van der Waals surface area contributed by atoms with Gasteiger partial charge in [0.25, 0.3) is 0 Å². The van der Waals surface area contributed by atoms with Crippen LogP contribution in [0.2, 0.25) is 0 Å². The first-order valence-corrected chi connectivity index (χ1v) is 9.79. The number of thiazole rings is 1. The number of benzene rings is 1. The van der Waals surface area contributed by atoms with E-state index in [2.05, 4.69) is 25.4 Å². The summed E-state index contributed by atoms with van der Waals surface area (Å²) in [5, 5.41) is 7.28. The molecule has 1 aromatic carbocycles. The van der Waals surface area contributed by atoms with Crippen LogP contribution in [0.3, 0.4) is 0 Å². The Morgan fingerprint density at radius 2 is 1.90 bits per heavy atom. The predicted molar refractivity (Wildman–Crippen MR) is 105 cm³/mol. The minimum atomic E-state index is -0.176. The van der Waals surface area contributed by atoms with Gasteiger partial charge in [0.1, 0.15) is 13.2 Å². The number of hydrogen-bond acceptors (Lipinski definition) is 9. The van der Waals surface area contributed by atoms with Gasteiger partial charge in [-0.15, -0.1) is 0 Å². The molecule has 0 aliphatic carbocycles. The third kappa shape index (κ3) is 3.74. The fourth-order valence-electron chi connectivity index (χ4n) is 2.90. The molecule has 0 saturated carbocycles. The molecular formula is C19H15N5O4S. The Balaban J connectivity index is 1.22. The fraction of sp³-hybridized carbons (Fsp3) is 0.211. The SMILES string of the molecule is O=C(CCc1nc(-c2ccncc2)no1)Nc1nc2cc3c(cc2s1)OCCO3. The number of carbonyl (C=O) groups is 1. The quantitative estimate of drug-likeness (QED) is 0.535. The molecule has 0 fully saturated rings. The normalized spacial score (nSPS) is 12.8. The first kappa shape index (κ1) is 17.6. The third-order valence-corrected chi connectivity index (χ3v) is 5.20. The number of anilines is 1. The summed E-state index contributed by atoms with van der Waals surface area (Å²) in [7, 11) is 0. The van der Waals surface area contributed by atoms with Crippen molar-refractivity contribution >= 4 is 32.6 Å². The zero-order valence-corrected chi connectivity index (χ0v) is 15.9. The summed E-state index contributed by atoms with van der Waals surface area (Å²) in [5.74, 6) is 2.07. The van der Waals surface area contributed by atoms with Gasteiger partial charge >= 0.3 is 0 Å². The van der Waals surface area contributed by atoms with Crippen LogP contribution in [0.4, 0.5) is 5.13 Å². The summed E-state index contributed by atoms with van der Waals surface area (Å²) < 4.78 is 17.3. The van der Waals surface area contributed by atoms with Gasteiger partial charge in [-0.05, 0) is 12.1 Å². The van der Waals surface area contributed by atoms with Crippen molar-refractivity contribution < 1.29 is 18.8 Å². The number of hydrogen-bond donors (Lipinski definition) is 1. The Morgan fingerprint density at radius 1 is 1.10 bits per heavy atom. The monoisotopic (exact) mass is 409 g/mol. The largest absolute Gasteiger partial charge is 0.486 e. The van der Waals surface area contributed by atoms with Crippen molar-refractivity contribution in [1.82, 2.24) is 20.1 Å². The number of amides is 1. The van der Waals surface area contributed by atoms with E-state index in [1.54, 1.807) is 24.5 Å². The summed E-state index contributed by atoms with van der Waals surface area (Å²) in [6.45, 7) is 1.05. The molecule has 29 heavy (non-hydrogen) atoms. The Morgan fingerprint density at radius 3 is 2.72 bits per heavy atom. The molecule has 0 spiro atoms. The zero-order valence-electron chi connectivity index (χ0n) is 15.1. The predicted octanol–water partition coefficient (Wildman–Crippen LogP) is 3.08. The van der Waals surface area contributed by atoms with E-state index in [0.717, 1.165) is 15.8 Å². The number of nitrogens with zero attached hydrogens (tertiary/aromatic N) is 4. The van der Waals surface area contributed by atoms with Crippen LogP contribution in [0.5, 0.6) is 11.5 Å². The first-order valence-electron chi connectivity index (χ1n) is 8.97. The van der Waals surface area contributed by atoms with Crippen LogP contribution < -0.4 is 14.8 Å². The highest BCUT2D eigenvalue weighted by Gasteiger charge is 2.16. The summed E-state index contributed by atoms with van der Waals surface area (Å²) in [6, 6.07) is 7.30. The van der Waals surface area contributed by atoms with Crippen molar-refractivity contribution in [2.75, 3.05) is 18.5 Å². The molecule has 1 aliphatic rings. The molecule has 0 atom stereocenters. The van der Waals surface area contributed by atoms with E-state index in [-0.39, 0.29) is 12.3 Å². The Kier molecular flexibility index (Phi) is 4.53. The van der Waals surface area contributed by atoms with Crippen LogP contribution in [-0.2, 0) is 11.2 Å². The van der Waals surface area contributed by atoms with E-state index in [1.807, 2.05) is 12.1 Å². The number of aryl methyl sites for hydroxylation is 1. The van der Waals surface area contributed by atoms with E-state index >= 15 is 0 Å². The van der Waals surface area contributed by atoms with Gasteiger partial charge in [0.2, 0.25) is 17.6 Å². The maximum Gasteiger partial charge on any atom is 0.227 e. The van der Waals surface area contributed by atoms with Crippen LogP contribution in [0, 0.1) is 0 Å². The number of carbonyl (C=O) groups excluding carboxylic acids is 1. The topological polar surface area (TPSA) is 112 Å². The standard InChI is InChI=1S/C19H15N5O4S/c25-16(1-2-17-23-18(24-28-17)11-3-5-20-6-4-11)22-19-21-12-9-13-14(10-15(12)29-19)27-8-7-26-13/h3-6,9-10H,1-2,7-8H2,(H,21,22,25). The lowest BCUT2D eigenvalue weighted by Gasteiger charge is -2.17. The average Bonchev–Trinajstić information content (AvgIpc) is 3.37. The van der Waals surface area contributed by atoms with Gasteiger partial charge in [-0.2, -0.15) is 4.98 Å². The molecular weight excluding hydrogens is 394 g/mol. The summed E-state index contributed by atoms with van der Waals surface area (Å²) in [4.78, 5) is 25.0. The summed E-state index contributed by atoms with van der Waals surface area (Å²) in [6.07, 6.45) is 3.86. The molecule has 4 heterocycles. The van der Waals surface area contributed by atoms with Crippen molar-refractivity contribution in [3.63, 3.8) is 0 Å². The smallest absolute Gasteiger partial charge is 0.227 e. The van der Waals surface area contributed by atoms with Gasteiger partial charge < -0.3 is 19.3 Å². The number of aromatic nitrogens is 4. The number of rotatable bonds is 5. The van der Waals surface area contributed by atoms with E-state index in [0.29, 0.717) is 48.0 Å². The van der Waals surface area contributed by atoms with Gasteiger partial charge in [-0.3, -0.25) is 9.78 Å². The van der Waals surface area contributed by atoms with Crippen LogP contribution in [0.1, 0.15) is 12.3 Å². The van der Waals surface area contributed by atoms with Crippen molar-refractivity contribution in [3.8, 4) is 22.9 Å². The van der Waals surface area contributed by atoms with Crippen molar-refractivity contribution in [2.24, 2.45) is 0 Å². The molecule has 1 amide bonds. The second kappa shape index (κ2) is 7.47. The zero-order chi connectivity index (χ0) is 19.6. The van der Waals surface area contributed by atoms with Gasteiger partial charge in [0.15, 0.2) is 16.6 Å². The van der Waals surface area contributed by atoms with Gasteiger partial charge in [0.05, 0.1) is 10.2 Å². The average molecular weight is 409 g/mol. The highest BCUT2D eigenvalue weighted by atomic mass is 32.1. The second-order valence-corrected chi connectivity index (χ2v) is 7.31. The van der Waals surface area contributed by atoms with Crippen molar-refractivity contribution in [2.45, 2.75) is 12.8 Å². The Hall–Kier alpha value is -3.53. The Bertz CT molecular complexity index is 1130. The van der Waals surface area contributed by atoms with E-state index in [4.69, 9.17) is 14.0 Å². The van der Waals surface area contributed by atoms with Gasteiger partial charge in [0, 0.05) is 42.9 Å². The van der Waals surface area contributed by atoms with E-state index < -0.39 is 0 Å². The first-order chi connectivity index (χ1) is 14.2. The number of pyridine rings is 1. The number of ether oxygens (including phenoxy) is 2. The maximum absolute atomic E-state index is 12.3. The van der Waals surface area contributed by atoms with Crippen LogP contribution in [-0.4, -0.2) is 39.2 Å². The van der Waals surface area contributed by atoms with Crippen molar-refractivity contribution in [3.05, 3.63) is 42.5 Å². The van der Waals surface area contributed by atoms with Gasteiger partial charge in [-0.1, -0.05) is 16.5 Å². The maximum atomic E-state index is 12.3. The number of nitrogens with one attached hydrogen (secondary N) is 1. The molecule has 9 nitrogen and oxygen atoms in total. The molecule has 4 aromatic rings. The fourth-order valence-corrected chi connectivity index (χ4v) is 3.79. The molecule has 1 N–H and O–H groups in total. The van der Waals surface area contributed by atoms with E-state index in [1.165, 1.54) is 11.3 Å². The lowest BCUT2D eigenvalue weighted by Crippen LogP contribution is -2.15. The van der Waals surface area contributed by atoms with Gasteiger partial charge in [-0.25, -0.2) is 4.98 Å². The summed E-state index contributed by atoms with van der Waals surface area (Å²) >= 11 is 1.39. The Labute approximate surface area is 168 Å². The van der Waals surface area contributed by atoms with Crippen LogP contribution in [0.15, 0.2) is 41.2 Å². The summed E-state index contributed by atoms with van der Waals surface area (Å²) in [5.41, 5.74) is 1.57.